The molecule has 1 amide bonds. The highest BCUT2D eigenvalue weighted by Gasteiger charge is 2.11. The molecule has 4 rings (SSSR count). The summed E-state index contributed by atoms with van der Waals surface area (Å²) in [6.07, 6.45) is 2.41. The minimum absolute atomic E-state index is 0.119. The number of halogens is 1. The van der Waals surface area contributed by atoms with E-state index in [1.165, 1.54) is 0 Å². The molecule has 3 aromatic carbocycles. The standard InChI is InChI=1S/C27H28ClN3O3/c1-33-22-12-14-23(15-13-22)34-18-6-17-31-25-10-3-2-9-24(25)30-26(31)11-5-16-29-27(32)20-7-4-8-21(28)19-20/h2-4,7-10,12-15,19H,5-6,11,16-18H2,1H3,(H,29,32). The van der Waals surface area contributed by atoms with E-state index in [9.17, 15) is 4.79 Å². The predicted octanol–water partition coefficient (Wildman–Crippen LogP) is 5.53. The molecule has 0 radical (unpaired) electrons. The number of imidazole rings is 1. The maximum atomic E-state index is 12.3. The Bertz CT molecular complexity index is 1240. The highest BCUT2D eigenvalue weighted by atomic mass is 35.5. The van der Waals surface area contributed by atoms with Crippen molar-refractivity contribution in [3.63, 3.8) is 0 Å². The lowest BCUT2D eigenvalue weighted by Crippen LogP contribution is -2.25. The van der Waals surface area contributed by atoms with Crippen molar-refractivity contribution in [2.45, 2.75) is 25.8 Å². The van der Waals surface area contributed by atoms with Gasteiger partial charge in [0.1, 0.15) is 17.3 Å². The zero-order valence-electron chi connectivity index (χ0n) is 19.2. The third-order valence-corrected chi connectivity index (χ3v) is 5.77. The second-order valence-corrected chi connectivity index (χ2v) is 8.35. The second-order valence-electron chi connectivity index (χ2n) is 7.92. The highest BCUT2D eigenvalue weighted by molar-refractivity contribution is 6.30. The Labute approximate surface area is 204 Å². The molecular formula is C27H28ClN3O3. The Kier molecular flexibility index (Phi) is 8.04. The summed E-state index contributed by atoms with van der Waals surface area (Å²) in [5, 5.41) is 3.52. The molecule has 0 aliphatic rings. The van der Waals surface area contributed by atoms with Crippen LogP contribution in [0.2, 0.25) is 5.02 Å². The van der Waals surface area contributed by atoms with E-state index in [4.69, 9.17) is 26.1 Å². The summed E-state index contributed by atoms with van der Waals surface area (Å²) in [7, 11) is 1.65. The van der Waals surface area contributed by atoms with Gasteiger partial charge in [-0.25, -0.2) is 4.98 Å². The summed E-state index contributed by atoms with van der Waals surface area (Å²) in [5.41, 5.74) is 2.66. The van der Waals surface area contributed by atoms with Crippen LogP contribution in [-0.2, 0) is 13.0 Å². The lowest BCUT2D eigenvalue weighted by atomic mass is 10.2. The molecule has 0 saturated heterocycles. The van der Waals surface area contributed by atoms with Crippen LogP contribution in [-0.4, -0.2) is 35.7 Å². The second kappa shape index (κ2) is 11.6. The first-order chi connectivity index (χ1) is 16.6. The molecule has 0 fully saturated rings. The number of hydrogen-bond acceptors (Lipinski definition) is 4. The van der Waals surface area contributed by atoms with Crippen LogP contribution in [0.25, 0.3) is 11.0 Å². The fourth-order valence-electron chi connectivity index (χ4n) is 3.83. The van der Waals surface area contributed by atoms with Crippen molar-refractivity contribution in [1.29, 1.82) is 0 Å². The van der Waals surface area contributed by atoms with Gasteiger partial charge in [0.2, 0.25) is 0 Å². The lowest BCUT2D eigenvalue weighted by Gasteiger charge is -2.11. The quantitative estimate of drug-likeness (QED) is 0.288. The first-order valence-electron chi connectivity index (χ1n) is 11.4. The van der Waals surface area contributed by atoms with Crippen molar-refractivity contribution in [2.24, 2.45) is 0 Å². The summed E-state index contributed by atoms with van der Waals surface area (Å²) in [6, 6.07) is 22.7. The number of hydrogen-bond donors (Lipinski definition) is 1. The van der Waals surface area contributed by atoms with E-state index >= 15 is 0 Å². The Balaban J connectivity index is 1.31. The SMILES string of the molecule is COc1ccc(OCCCn2c(CCCNC(=O)c3cccc(Cl)c3)nc3ccccc32)cc1. The first-order valence-corrected chi connectivity index (χ1v) is 11.8. The number of nitrogens with zero attached hydrogens (tertiary/aromatic N) is 2. The molecule has 0 aliphatic carbocycles. The number of benzene rings is 3. The molecule has 0 saturated carbocycles. The van der Waals surface area contributed by atoms with Crippen LogP contribution >= 0.6 is 11.6 Å². The molecule has 0 bridgehead atoms. The number of para-hydroxylation sites is 2. The predicted molar refractivity (Wildman–Crippen MR) is 135 cm³/mol. The van der Waals surface area contributed by atoms with Crippen LogP contribution in [0.4, 0.5) is 0 Å². The number of ether oxygens (including phenoxy) is 2. The molecule has 7 heteroatoms. The molecule has 4 aromatic rings. The Hall–Kier alpha value is -3.51. The van der Waals surface area contributed by atoms with E-state index in [0.29, 0.717) is 23.7 Å². The van der Waals surface area contributed by atoms with Gasteiger partial charge < -0.3 is 19.4 Å². The van der Waals surface area contributed by atoms with Crippen molar-refractivity contribution in [2.75, 3.05) is 20.3 Å². The molecule has 0 aliphatic heterocycles. The molecule has 176 valence electrons. The molecule has 0 atom stereocenters. The monoisotopic (exact) mass is 477 g/mol. The summed E-state index contributed by atoms with van der Waals surface area (Å²) in [6.45, 7) is 1.98. The van der Waals surface area contributed by atoms with Gasteiger partial charge in [0.25, 0.3) is 5.91 Å². The van der Waals surface area contributed by atoms with Gasteiger partial charge in [0.05, 0.1) is 24.8 Å². The van der Waals surface area contributed by atoms with Crippen molar-refractivity contribution in [1.82, 2.24) is 14.9 Å². The summed E-state index contributed by atoms with van der Waals surface area (Å²) < 4.78 is 13.3. The number of nitrogens with one attached hydrogen (secondary N) is 1. The largest absolute Gasteiger partial charge is 0.497 e. The van der Waals surface area contributed by atoms with Crippen molar-refractivity contribution >= 4 is 28.5 Å². The molecule has 0 spiro atoms. The number of aromatic nitrogens is 2. The zero-order valence-corrected chi connectivity index (χ0v) is 19.9. The van der Waals surface area contributed by atoms with Crippen LogP contribution < -0.4 is 14.8 Å². The third kappa shape index (κ3) is 6.08. The van der Waals surface area contributed by atoms with Gasteiger partial charge in [-0.3, -0.25) is 4.79 Å². The molecule has 1 N–H and O–H groups in total. The normalized spacial score (nSPS) is 10.9. The minimum atomic E-state index is -0.119. The Morgan fingerprint density at radius 1 is 1.00 bits per heavy atom. The molecule has 1 aromatic heterocycles. The van der Waals surface area contributed by atoms with E-state index < -0.39 is 0 Å². The molecule has 6 nitrogen and oxygen atoms in total. The Morgan fingerprint density at radius 2 is 1.79 bits per heavy atom. The zero-order chi connectivity index (χ0) is 23.8. The van der Waals surface area contributed by atoms with Crippen LogP contribution in [0.3, 0.4) is 0 Å². The van der Waals surface area contributed by atoms with Gasteiger partial charge in [0.15, 0.2) is 0 Å². The van der Waals surface area contributed by atoms with Crippen LogP contribution in [0, 0.1) is 0 Å². The summed E-state index contributed by atoms with van der Waals surface area (Å²) >= 11 is 5.98. The van der Waals surface area contributed by atoms with E-state index in [1.54, 1.807) is 31.4 Å². The van der Waals surface area contributed by atoms with Gasteiger partial charge in [-0.05, 0) is 67.4 Å². The molecule has 1 heterocycles. The maximum Gasteiger partial charge on any atom is 0.251 e. The number of methoxy groups -OCH3 is 1. The topological polar surface area (TPSA) is 65.4 Å². The number of carbonyl (C=O) groups excluding carboxylic acids is 1. The van der Waals surface area contributed by atoms with Gasteiger partial charge in [-0.2, -0.15) is 0 Å². The van der Waals surface area contributed by atoms with Crippen molar-refractivity contribution in [3.8, 4) is 11.5 Å². The maximum absolute atomic E-state index is 12.3. The van der Waals surface area contributed by atoms with Crippen molar-refractivity contribution in [3.05, 3.63) is 89.2 Å². The third-order valence-electron chi connectivity index (χ3n) is 5.54. The molecule has 0 unspecified atom stereocenters. The Morgan fingerprint density at radius 3 is 2.59 bits per heavy atom. The smallest absolute Gasteiger partial charge is 0.251 e. The fourth-order valence-corrected chi connectivity index (χ4v) is 4.02. The average molecular weight is 478 g/mol. The number of amides is 1. The van der Waals surface area contributed by atoms with Gasteiger partial charge >= 0.3 is 0 Å². The van der Waals surface area contributed by atoms with E-state index in [0.717, 1.165) is 54.2 Å². The fraction of sp³-hybridized carbons (Fsp3) is 0.259. The van der Waals surface area contributed by atoms with E-state index in [-0.39, 0.29) is 5.91 Å². The number of carbonyl (C=O) groups is 1. The number of rotatable bonds is 11. The summed E-state index contributed by atoms with van der Waals surface area (Å²) in [5.74, 6) is 2.53. The van der Waals surface area contributed by atoms with Gasteiger partial charge in [-0.15, -0.1) is 0 Å². The van der Waals surface area contributed by atoms with Crippen LogP contribution in [0.5, 0.6) is 11.5 Å². The van der Waals surface area contributed by atoms with Crippen molar-refractivity contribution < 1.29 is 14.3 Å². The molecule has 34 heavy (non-hydrogen) atoms. The summed E-state index contributed by atoms with van der Waals surface area (Å²) in [4.78, 5) is 17.2. The average Bonchev–Trinajstić information content (AvgIpc) is 3.22. The van der Waals surface area contributed by atoms with E-state index in [1.807, 2.05) is 42.5 Å². The van der Waals surface area contributed by atoms with Crippen LogP contribution in [0.1, 0.15) is 29.0 Å². The van der Waals surface area contributed by atoms with Gasteiger partial charge in [-0.1, -0.05) is 29.8 Å². The first kappa shape index (κ1) is 23.6. The van der Waals surface area contributed by atoms with E-state index in [2.05, 4.69) is 16.0 Å². The number of fused-ring (bicyclic) bond motifs is 1. The highest BCUT2D eigenvalue weighted by Crippen LogP contribution is 2.19. The number of aryl methyl sites for hydroxylation is 2. The van der Waals surface area contributed by atoms with Crippen LogP contribution in [0.15, 0.2) is 72.8 Å². The minimum Gasteiger partial charge on any atom is -0.497 e. The molecular weight excluding hydrogens is 450 g/mol. The van der Waals surface area contributed by atoms with Gasteiger partial charge in [0, 0.05) is 30.1 Å². The lowest BCUT2D eigenvalue weighted by molar-refractivity contribution is 0.0953.